The van der Waals surface area contributed by atoms with Gasteiger partial charge in [-0.15, -0.1) is 11.3 Å². The average molecular weight is 229 g/mol. The van der Waals surface area contributed by atoms with Crippen molar-refractivity contribution in [2.75, 3.05) is 7.05 Å². The van der Waals surface area contributed by atoms with Crippen LogP contribution in [0.3, 0.4) is 0 Å². The minimum absolute atomic E-state index is 0.624. The van der Waals surface area contributed by atoms with E-state index in [1.807, 2.05) is 18.5 Å². The minimum Gasteiger partial charge on any atom is -0.444 e. The molecule has 0 aliphatic heterocycles. The summed E-state index contributed by atoms with van der Waals surface area (Å²) in [6.07, 6.45) is 1.65. The van der Waals surface area contributed by atoms with Crippen molar-refractivity contribution in [3.63, 3.8) is 0 Å². The van der Waals surface area contributed by atoms with Gasteiger partial charge in [-0.2, -0.15) is 0 Å². The number of hydrogen-bond donors (Lipinski definition) is 1. The lowest BCUT2D eigenvalue weighted by Crippen LogP contribution is -2.04. The Bertz CT molecular complexity index is 424. The maximum atomic E-state index is 5.81. The third-order valence-corrected chi connectivity index (χ3v) is 2.82. The van der Waals surface area contributed by atoms with Crippen LogP contribution in [0.15, 0.2) is 22.1 Å². The molecule has 2 aromatic heterocycles. The summed E-state index contributed by atoms with van der Waals surface area (Å²) in [6, 6.07) is 1.85. The standard InChI is InChI=1S/C9H9ClN2OS/c1-11-3-7-4-13-9(12-7)6-2-8(10)14-5-6/h2,4-5,11H,3H2,1H3. The molecule has 0 fully saturated rings. The molecule has 14 heavy (non-hydrogen) atoms. The fourth-order valence-electron chi connectivity index (χ4n) is 1.12. The van der Waals surface area contributed by atoms with Crippen molar-refractivity contribution < 1.29 is 4.42 Å². The average Bonchev–Trinajstić information content (AvgIpc) is 2.74. The Kier molecular flexibility index (Phi) is 2.86. The van der Waals surface area contributed by atoms with Crippen LogP contribution in [-0.4, -0.2) is 12.0 Å². The molecule has 0 unspecified atom stereocenters. The van der Waals surface area contributed by atoms with Gasteiger partial charge in [0.25, 0.3) is 0 Å². The second kappa shape index (κ2) is 4.13. The van der Waals surface area contributed by atoms with Crippen LogP contribution in [0, 0.1) is 0 Å². The molecule has 0 atom stereocenters. The van der Waals surface area contributed by atoms with Gasteiger partial charge in [-0.1, -0.05) is 11.6 Å². The van der Waals surface area contributed by atoms with Crippen molar-refractivity contribution in [1.82, 2.24) is 10.3 Å². The highest BCUT2D eigenvalue weighted by Gasteiger charge is 2.07. The predicted octanol–water partition coefficient (Wildman–Crippen LogP) is 2.78. The van der Waals surface area contributed by atoms with E-state index >= 15 is 0 Å². The van der Waals surface area contributed by atoms with Crippen LogP contribution in [0.1, 0.15) is 5.69 Å². The van der Waals surface area contributed by atoms with E-state index in [1.54, 1.807) is 6.26 Å². The number of thiophene rings is 1. The van der Waals surface area contributed by atoms with E-state index in [1.165, 1.54) is 11.3 Å². The number of rotatable bonds is 3. The molecule has 2 heterocycles. The van der Waals surface area contributed by atoms with Crippen molar-refractivity contribution in [3.8, 4) is 11.5 Å². The molecule has 1 N–H and O–H groups in total. The first kappa shape index (κ1) is 9.71. The third-order valence-electron chi connectivity index (χ3n) is 1.72. The van der Waals surface area contributed by atoms with Gasteiger partial charge in [-0.3, -0.25) is 0 Å². The summed E-state index contributed by atoms with van der Waals surface area (Å²) in [5.41, 5.74) is 1.83. The van der Waals surface area contributed by atoms with E-state index in [4.69, 9.17) is 16.0 Å². The Morgan fingerprint density at radius 3 is 3.14 bits per heavy atom. The zero-order chi connectivity index (χ0) is 9.97. The van der Waals surface area contributed by atoms with E-state index in [2.05, 4.69) is 10.3 Å². The summed E-state index contributed by atoms with van der Waals surface area (Å²) in [4.78, 5) is 4.30. The van der Waals surface area contributed by atoms with Crippen LogP contribution >= 0.6 is 22.9 Å². The first-order valence-corrected chi connectivity index (χ1v) is 5.39. The molecule has 0 bridgehead atoms. The van der Waals surface area contributed by atoms with Gasteiger partial charge in [0.2, 0.25) is 5.89 Å². The van der Waals surface area contributed by atoms with Gasteiger partial charge < -0.3 is 9.73 Å². The van der Waals surface area contributed by atoms with Crippen LogP contribution in [0.25, 0.3) is 11.5 Å². The van der Waals surface area contributed by atoms with Crippen LogP contribution < -0.4 is 5.32 Å². The number of nitrogens with zero attached hydrogens (tertiary/aromatic N) is 1. The molecule has 0 aromatic carbocycles. The highest BCUT2D eigenvalue weighted by molar-refractivity contribution is 7.14. The molecule has 0 radical (unpaired) electrons. The van der Waals surface area contributed by atoms with Crippen LogP contribution in [-0.2, 0) is 6.54 Å². The number of nitrogens with one attached hydrogen (secondary N) is 1. The molecule has 2 aromatic rings. The topological polar surface area (TPSA) is 38.1 Å². The van der Waals surface area contributed by atoms with Gasteiger partial charge in [0.05, 0.1) is 10.0 Å². The molecule has 0 amide bonds. The molecule has 2 rings (SSSR count). The molecule has 0 aliphatic carbocycles. The minimum atomic E-state index is 0.624. The zero-order valence-electron chi connectivity index (χ0n) is 7.58. The van der Waals surface area contributed by atoms with Gasteiger partial charge in [0.15, 0.2) is 0 Å². The highest BCUT2D eigenvalue weighted by atomic mass is 35.5. The Morgan fingerprint density at radius 1 is 1.64 bits per heavy atom. The smallest absolute Gasteiger partial charge is 0.227 e. The summed E-state index contributed by atoms with van der Waals surface area (Å²) in [7, 11) is 1.87. The fourth-order valence-corrected chi connectivity index (χ4v) is 1.98. The van der Waals surface area contributed by atoms with Gasteiger partial charge >= 0.3 is 0 Å². The molecule has 0 saturated carbocycles. The molecule has 0 aliphatic rings. The lowest BCUT2D eigenvalue weighted by Gasteiger charge is -1.89. The molecule has 0 spiro atoms. The first-order valence-electron chi connectivity index (χ1n) is 4.13. The lowest BCUT2D eigenvalue weighted by molar-refractivity contribution is 0.572. The zero-order valence-corrected chi connectivity index (χ0v) is 9.15. The largest absolute Gasteiger partial charge is 0.444 e. The predicted molar refractivity (Wildman–Crippen MR) is 57.6 cm³/mol. The number of oxazole rings is 1. The maximum absolute atomic E-state index is 5.81. The Morgan fingerprint density at radius 2 is 2.50 bits per heavy atom. The van der Waals surface area contributed by atoms with Gasteiger partial charge in [-0.25, -0.2) is 4.98 Å². The SMILES string of the molecule is CNCc1coc(-c2csc(Cl)c2)n1. The molecular weight excluding hydrogens is 220 g/mol. The monoisotopic (exact) mass is 228 g/mol. The molecular formula is C9H9ClN2OS. The van der Waals surface area contributed by atoms with E-state index in [9.17, 15) is 0 Å². The normalized spacial score (nSPS) is 10.7. The van der Waals surface area contributed by atoms with E-state index < -0.39 is 0 Å². The Labute approximate surface area is 90.7 Å². The lowest BCUT2D eigenvalue weighted by atomic mass is 10.3. The van der Waals surface area contributed by atoms with Crippen molar-refractivity contribution in [1.29, 1.82) is 0 Å². The number of halogens is 1. The molecule has 5 heteroatoms. The van der Waals surface area contributed by atoms with E-state index in [-0.39, 0.29) is 0 Å². The quantitative estimate of drug-likeness (QED) is 0.878. The highest BCUT2D eigenvalue weighted by Crippen LogP contribution is 2.27. The van der Waals surface area contributed by atoms with E-state index in [0.717, 1.165) is 15.6 Å². The van der Waals surface area contributed by atoms with Gasteiger partial charge in [0.1, 0.15) is 6.26 Å². The third kappa shape index (κ3) is 1.97. The molecule has 0 saturated heterocycles. The van der Waals surface area contributed by atoms with Crippen molar-refractivity contribution in [2.24, 2.45) is 0 Å². The summed E-state index contributed by atoms with van der Waals surface area (Å²) in [6.45, 7) is 0.710. The Hall–Kier alpha value is -0.840. The second-order valence-electron chi connectivity index (χ2n) is 2.81. The molecule has 74 valence electrons. The van der Waals surface area contributed by atoms with Crippen LogP contribution in [0.4, 0.5) is 0 Å². The van der Waals surface area contributed by atoms with Crippen molar-refractivity contribution >= 4 is 22.9 Å². The summed E-state index contributed by atoms with van der Waals surface area (Å²) in [5, 5.41) is 4.94. The van der Waals surface area contributed by atoms with Crippen molar-refractivity contribution in [2.45, 2.75) is 6.54 Å². The number of hydrogen-bond acceptors (Lipinski definition) is 4. The Balaban J connectivity index is 2.24. The maximum Gasteiger partial charge on any atom is 0.227 e. The number of aromatic nitrogens is 1. The summed E-state index contributed by atoms with van der Waals surface area (Å²) >= 11 is 7.29. The van der Waals surface area contributed by atoms with Crippen LogP contribution in [0.2, 0.25) is 4.34 Å². The van der Waals surface area contributed by atoms with Gasteiger partial charge in [0, 0.05) is 17.5 Å². The first-order chi connectivity index (χ1) is 6.79. The summed E-state index contributed by atoms with van der Waals surface area (Å²) < 4.78 is 6.06. The summed E-state index contributed by atoms with van der Waals surface area (Å²) in [5.74, 6) is 0.624. The van der Waals surface area contributed by atoms with Crippen molar-refractivity contribution in [3.05, 3.63) is 27.7 Å². The molecule has 3 nitrogen and oxygen atoms in total. The van der Waals surface area contributed by atoms with Crippen LogP contribution in [0.5, 0.6) is 0 Å². The fraction of sp³-hybridized carbons (Fsp3) is 0.222. The van der Waals surface area contributed by atoms with E-state index in [0.29, 0.717) is 12.4 Å². The second-order valence-corrected chi connectivity index (χ2v) is 4.36. The van der Waals surface area contributed by atoms with Gasteiger partial charge in [-0.05, 0) is 13.1 Å².